The second-order valence-corrected chi connectivity index (χ2v) is 5.37. The number of urea groups is 1. The molecule has 0 bridgehead atoms. The van der Waals surface area contributed by atoms with Gasteiger partial charge in [0.2, 0.25) is 0 Å². The van der Waals surface area contributed by atoms with E-state index in [2.05, 4.69) is 5.32 Å². The van der Waals surface area contributed by atoms with Crippen LogP contribution in [-0.4, -0.2) is 32.1 Å². The summed E-state index contributed by atoms with van der Waals surface area (Å²) in [4.78, 5) is 38.3. The third-order valence-corrected chi connectivity index (χ3v) is 3.87. The zero-order valence-corrected chi connectivity index (χ0v) is 14.2. The average molecular weight is 352 g/mol. The highest BCUT2D eigenvalue weighted by Crippen LogP contribution is 2.31. The minimum Gasteiger partial charge on any atom is -0.496 e. The first kappa shape index (κ1) is 17.2. The number of carbonyl (C=O) groups excluding carboxylic acids is 3. The van der Waals surface area contributed by atoms with Crippen LogP contribution in [0.1, 0.15) is 5.56 Å². The van der Waals surface area contributed by atoms with E-state index in [9.17, 15) is 14.4 Å². The normalized spacial score (nSPS) is 15.8. The lowest BCUT2D eigenvalue weighted by molar-refractivity contribution is -0.122. The van der Waals surface area contributed by atoms with Crippen LogP contribution in [-0.2, 0) is 9.59 Å². The minimum absolute atomic E-state index is 0.181. The molecule has 0 aromatic heterocycles. The molecule has 1 fully saturated rings. The van der Waals surface area contributed by atoms with E-state index in [1.807, 2.05) is 0 Å². The number of nitrogens with one attached hydrogen (secondary N) is 1. The van der Waals surface area contributed by atoms with Crippen molar-refractivity contribution in [3.8, 4) is 11.5 Å². The largest absolute Gasteiger partial charge is 0.496 e. The van der Waals surface area contributed by atoms with Crippen LogP contribution in [0.25, 0.3) is 6.08 Å². The third-order valence-electron chi connectivity index (χ3n) is 3.87. The summed E-state index contributed by atoms with van der Waals surface area (Å²) < 4.78 is 10.5. The highest BCUT2D eigenvalue weighted by molar-refractivity contribution is 6.39. The highest BCUT2D eigenvalue weighted by Gasteiger charge is 2.38. The highest BCUT2D eigenvalue weighted by atomic mass is 16.5. The van der Waals surface area contributed by atoms with E-state index >= 15 is 0 Å². The number of barbiturate groups is 1. The molecule has 1 N–H and O–H groups in total. The monoisotopic (exact) mass is 352 g/mol. The molecule has 7 nitrogen and oxygen atoms in total. The molecule has 1 aliphatic heterocycles. The second-order valence-electron chi connectivity index (χ2n) is 5.37. The van der Waals surface area contributed by atoms with Gasteiger partial charge in [0.05, 0.1) is 19.9 Å². The first-order chi connectivity index (χ1) is 12.6. The van der Waals surface area contributed by atoms with Crippen LogP contribution in [0.3, 0.4) is 0 Å². The fourth-order valence-electron chi connectivity index (χ4n) is 2.63. The van der Waals surface area contributed by atoms with Gasteiger partial charge in [0.15, 0.2) is 0 Å². The van der Waals surface area contributed by atoms with Crippen LogP contribution >= 0.6 is 0 Å². The van der Waals surface area contributed by atoms with Crippen molar-refractivity contribution in [3.05, 3.63) is 59.7 Å². The van der Waals surface area contributed by atoms with Gasteiger partial charge in [-0.2, -0.15) is 0 Å². The van der Waals surface area contributed by atoms with Gasteiger partial charge in [-0.1, -0.05) is 30.3 Å². The van der Waals surface area contributed by atoms with Crippen molar-refractivity contribution < 1.29 is 23.9 Å². The molecule has 3 rings (SSSR count). The number of nitrogens with zero attached hydrogens (tertiary/aromatic N) is 1. The summed E-state index contributed by atoms with van der Waals surface area (Å²) in [5, 5.41) is 2.18. The molecule has 0 unspecified atom stereocenters. The van der Waals surface area contributed by atoms with Crippen molar-refractivity contribution in [1.29, 1.82) is 0 Å². The number of hydrogen-bond donors (Lipinski definition) is 1. The Kier molecular flexibility index (Phi) is 4.70. The number of carbonyl (C=O) groups is 3. The smallest absolute Gasteiger partial charge is 0.336 e. The lowest BCUT2D eigenvalue weighted by Gasteiger charge is -2.27. The Morgan fingerprint density at radius 1 is 0.885 bits per heavy atom. The van der Waals surface area contributed by atoms with Crippen LogP contribution in [0.5, 0.6) is 11.5 Å². The van der Waals surface area contributed by atoms with Crippen molar-refractivity contribution in [2.45, 2.75) is 0 Å². The predicted molar refractivity (Wildman–Crippen MR) is 95.0 cm³/mol. The van der Waals surface area contributed by atoms with Crippen LogP contribution in [0, 0.1) is 0 Å². The average Bonchev–Trinajstić information content (AvgIpc) is 2.65. The van der Waals surface area contributed by atoms with E-state index in [4.69, 9.17) is 9.47 Å². The van der Waals surface area contributed by atoms with Gasteiger partial charge in [0, 0.05) is 5.56 Å². The van der Waals surface area contributed by atoms with Gasteiger partial charge >= 0.3 is 6.03 Å². The van der Waals surface area contributed by atoms with Gasteiger partial charge in [0.25, 0.3) is 11.8 Å². The Morgan fingerprint density at radius 2 is 1.50 bits per heavy atom. The molecular formula is C19H16N2O5. The number of ether oxygens (including phenoxy) is 2. The number of methoxy groups -OCH3 is 2. The van der Waals surface area contributed by atoms with E-state index in [0.29, 0.717) is 17.1 Å². The number of imide groups is 2. The van der Waals surface area contributed by atoms with Crippen molar-refractivity contribution >= 4 is 29.6 Å². The number of anilines is 1. The maximum absolute atomic E-state index is 12.9. The summed E-state index contributed by atoms with van der Waals surface area (Å²) in [5.41, 5.74) is 0.610. The molecule has 0 atom stereocenters. The predicted octanol–water partition coefficient (Wildman–Crippen LogP) is 2.37. The Hall–Kier alpha value is -3.61. The summed E-state index contributed by atoms with van der Waals surface area (Å²) in [7, 11) is 2.92. The lowest BCUT2D eigenvalue weighted by Crippen LogP contribution is -2.54. The Labute approximate surface area is 149 Å². The van der Waals surface area contributed by atoms with E-state index in [0.717, 1.165) is 4.90 Å². The molecule has 2 aromatic carbocycles. The van der Waals surface area contributed by atoms with Crippen molar-refractivity contribution in [3.63, 3.8) is 0 Å². The number of para-hydroxylation sites is 3. The molecule has 1 aliphatic rings. The molecule has 26 heavy (non-hydrogen) atoms. The maximum atomic E-state index is 12.9. The first-order valence-electron chi connectivity index (χ1n) is 7.74. The van der Waals surface area contributed by atoms with Crippen molar-refractivity contribution in [1.82, 2.24) is 5.32 Å². The minimum atomic E-state index is -0.832. The SMILES string of the molecule is COc1ccccc1/C=C1/C(=O)NC(=O)N(c2ccccc2OC)C1=O. The van der Waals surface area contributed by atoms with Gasteiger partial charge < -0.3 is 9.47 Å². The van der Waals surface area contributed by atoms with Crippen LogP contribution in [0.2, 0.25) is 0 Å². The van der Waals surface area contributed by atoms with E-state index < -0.39 is 17.8 Å². The van der Waals surface area contributed by atoms with Crippen molar-refractivity contribution in [2.24, 2.45) is 0 Å². The summed E-state index contributed by atoms with van der Waals surface area (Å²) in [6, 6.07) is 12.7. The molecule has 0 radical (unpaired) electrons. The molecule has 1 saturated heterocycles. The molecule has 7 heteroatoms. The molecular weight excluding hydrogens is 336 g/mol. The lowest BCUT2D eigenvalue weighted by atomic mass is 10.1. The molecule has 0 aliphatic carbocycles. The topological polar surface area (TPSA) is 84.9 Å². The summed E-state index contributed by atoms with van der Waals surface area (Å²) in [6.07, 6.45) is 1.39. The van der Waals surface area contributed by atoms with Crippen molar-refractivity contribution in [2.75, 3.05) is 19.1 Å². The summed E-state index contributed by atoms with van der Waals surface area (Å²) in [5.74, 6) is -0.672. The van der Waals surface area contributed by atoms with Crippen LogP contribution < -0.4 is 19.7 Å². The number of hydrogen-bond acceptors (Lipinski definition) is 5. The second kappa shape index (κ2) is 7.10. The molecule has 0 spiro atoms. The molecule has 2 aromatic rings. The van der Waals surface area contributed by atoms with E-state index in [1.165, 1.54) is 20.3 Å². The fourth-order valence-corrected chi connectivity index (χ4v) is 2.63. The van der Waals surface area contributed by atoms with Crippen LogP contribution in [0.15, 0.2) is 54.1 Å². The standard InChI is InChI=1S/C19H16N2O5/c1-25-15-9-5-3-7-12(15)11-13-17(22)20-19(24)21(18(13)23)14-8-4-6-10-16(14)26-2/h3-11H,1-2H3,(H,20,22,24)/b13-11-. The maximum Gasteiger partial charge on any atom is 0.336 e. The van der Waals surface area contributed by atoms with Crippen LogP contribution in [0.4, 0.5) is 10.5 Å². The zero-order chi connectivity index (χ0) is 18.7. The number of rotatable bonds is 4. The van der Waals surface area contributed by atoms with Gasteiger partial charge in [-0.05, 0) is 24.3 Å². The Morgan fingerprint density at radius 3 is 2.19 bits per heavy atom. The van der Waals surface area contributed by atoms with Gasteiger partial charge in [-0.25, -0.2) is 9.69 Å². The van der Waals surface area contributed by atoms with Gasteiger partial charge in [-0.3, -0.25) is 14.9 Å². The molecule has 0 saturated carbocycles. The van der Waals surface area contributed by atoms with E-state index in [-0.39, 0.29) is 11.3 Å². The third kappa shape index (κ3) is 3.02. The molecule has 1 heterocycles. The first-order valence-corrected chi connectivity index (χ1v) is 7.74. The molecule has 4 amide bonds. The summed E-state index contributed by atoms with van der Waals surface area (Å²) in [6.45, 7) is 0. The number of benzene rings is 2. The quantitative estimate of drug-likeness (QED) is 0.674. The summed E-state index contributed by atoms with van der Waals surface area (Å²) >= 11 is 0. The fraction of sp³-hybridized carbons (Fsp3) is 0.105. The Balaban J connectivity index is 2.08. The zero-order valence-electron chi connectivity index (χ0n) is 14.2. The van der Waals surface area contributed by atoms with Gasteiger partial charge in [-0.15, -0.1) is 0 Å². The van der Waals surface area contributed by atoms with E-state index in [1.54, 1.807) is 48.5 Å². The molecule has 132 valence electrons. The van der Waals surface area contributed by atoms with Gasteiger partial charge in [0.1, 0.15) is 17.1 Å². The Bertz CT molecular complexity index is 920. The number of amides is 4.